The van der Waals surface area contributed by atoms with Crippen molar-refractivity contribution in [3.05, 3.63) is 0 Å². The average Bonchev–Trinajstić information content (AvgIpc) is 2.00. The molecule has 0 saturated heterocycles. The fraction of sp³-hybridized carbons (Fsp3) is 0.889. The molecule has 0 aromatic carbocycles. The molecule has 0 amide bonds. The standard InChI is InChI=1S/C9H12O/c10-8-5-7-2-1-6-3-4-9(6,7)8/h6-7H,1-5H2. The highest BCUT2D eigenvalue weighted by Crippen LogP contribution is 2.68. The molecule has 0 heterocycles. The van der Waals surface area contributed by atoms with Crippen LogP contribution >= 0.6 is 0 Å². The third-order valence-electron chi connectivity index (χ3n) is 4.18. The minimum atomic E-state index is 0.292. The van der Waals surface area contributed by atoms with E-state index in [1.165, 1.54) is 25.7 Å². The summed E-state index contributed by atoms with van der Waals surface area (Å²) in [5, 5.41) is 0. The SMILES string of the molecule is O=C1CC2CCC3CCC132. The van der Waals surface area contributed by atoms with Crippen LogP contribution in [-0.4, -0.2) is 5.78 Å². The Morgan fingerprint density at radius 2 is 2.00 bits per heavy atom. The molecule has 0 bridgehead atoms. The van der Waals surface area contributed by atoms with Crippen LogP contribution in [0.4, 0.5) is 0 Å². The van der Waals surface area contributed by atoms with Gasteiger partial charge >= 0.3 is 0 Å². The summed E-state index contributed by atoms with van der Waals surface area (Å²) in [6.45, 7) is 0. The molecule has 3 unspecified atom stereocenters. The molecular weight excluding hydrogens is 124 g/mol. The summed E-state index contributed by atoms with van der Waals surface area (Å²) in [4.78, 5) is 11.3. The van der Waals surface area contributed by atoms with Crippen molar-refractivity contribution < 1.29 is 4.79 Å². The summed E-state index contributed by atoms with van der Waals surface area (Å²) in [5.74, 6) is 2.27. The Labute approximate surface area is 60.8 Å². The van der Waals surface area contributed by atoms with Crippen LogP contribution in [0.15, 0.2) is 0 Å². The number of carbonyl (C=O) groups is 1. The average molecular weight is 136 g/mol. The fourth-order valence-corrected chi connectivity index (χ4v) is 3.42. The van der Waals surface area contributed by atoms with Crippen LogP contribution in [0.1, 0.15) is 32.1 Å². The van der Waals surface area contributed by atoms with Gasteiger partial charge in [0.25, 0.3) is 0 Å². The molecule has 1 heteroatoms. The second kappa shape index (κ2) is 1.32. The number of hydrogen-bond acceptors (Lipinski definition) is 1. The molecule has 0 radical (unpaired) electrons. The van der Waals surface area contributed by atoms with Crippen LogP contribution < -0.4 is 0 Å². The van der Waals surface area contributed by atoms with Gasteiger partial charge in [0.2, 0.25) is 0 Å². The number of Topliss-reactive ketones (excluding diaryl/α,β-unsaturated/α-hetero) is 1. The van der Waals surface area contributed by atoms with E-state index < -0.39 is 0 Å². The van der Waals surface area contributed by atoms with Gasteiger partial charge in [0.1, 0.15) is 5.78 Å². The fourth-order valence-electron chi connectivity index (χ4n) is 3.42. The van der Waals surface area contributed by atoms with Crippen molar-refractivity contribution in [1.82, 2.24) is 0 Å². The second-order valence-corrected chi connectivity index (χ2v) is 4.18. The zero-order valence-corrected chi connectivity index (χ0v) is 6.10. The van der Waals surface area contributed by atoms with Crippen molar-refractivity contribution in [2.24, 2.45) is 17.3 Å². The maximum absolute atomic E-state index is 11.3. The van der Waals surface area contributed by atoms with E-state index in [0.717, 1.165) is 18.3 Å². The Hall–Kier alpha value is -0.330. The summed E-state index contributed by atoms with van der Waals surface area (Å²) in [6.07, 6.45) is 6.23. The third-order valence-corrected chi connectivity index (χ3v) is 4.18. The third kappa shape index (κ3) is 0.320. The number of carbonyl (C=O) groups excluding carboxylic acids is 1. The first-order valence-corrected chi connectivity index (χ1v) is 4.37. The highest BCUT2D eigenvalue weighted by Gasteiger charge is 2.66. The van der Waals surface area contributed by atoms with Gasteiger partial charge in [-0.15, -0.1) is 0 Å². The summed E-state index contributed by atoms with van der Waals surface area (Å²) in [7, 11) is 0. The molecule has 3 saturated carbocycles. The van der Waals surface area contributed by atoms with E-state index in [9.17, 15) is 4.79 Å². The normalized spacial score (nSPS) is 56.6. The summed E-state index contributed by atoms with van der Waals surface area (Å²) >= 11 is 0. The van der Waals surface area contributed by atoms with Crippen LogP contribution in [0, 0.1) is 17.3 Å². The Balaban J connectivity index is 2.03. The molecule has 1 nitrogen and oxygen atoms in total. The minimum Gasteiger partial charge on any atom is -0.299 e. The smallest absolute Gasteiger partial charge is 0.139 e. The van der Waals surface area contributed by atoms with Crippen molar-refractivity contribution >= 4 is 5.78 Å². The van der Waals surface area contributed by atoms with E-state index in [2.05, 4.69) is 0 Å². The maximum atomic E-state index is 11.3. The molecule has 3 aliphatic carbocycles. The molecule has 0 aliphatic heterocycles. The predicted molar refractivity (Wildman–Crippen MR) is 37.5 cm³/mol. The van der Waals surface area contributed by atoms with Gasteiger partial charge in [0.15, 0.2) is 0 Å². The minimum absolute atomic E-state index is 0.292. The Bertz CT molecular complexity index is 201. The first-order valence-electron chi connectivity index (χ1n) is 4.37. The number of rotatable bonds is 0. The van der Waals surface area contributed by atoms with E-state index in [1.54, 1.807) is 0 Å². The summed E-state index contributed by atoms with van der Waals surface area (Å²) < 4.78 is 0. The molecule has 10 heavy (non-hydrogen) atoms. The molecule has 1 spiro atoms. The quantitative estimate of drug-likeness (QED) is 0.496. The molecule has 0 aromatic rings. The van der Waals surface area contributed by atoms with Crippen molar-refractivity contribution in [1.29, 1.82) is 0 Å². The monoisotopic (exact) mass is 136 g/mol. The lowest BCUT2D eigenvalue weighted by atomic mass is 9.48. The van der Waals surface area contributed by atoms with Gasteiger partial charge in [-0.25, -0.2) is 0 Å². The van der Waals surface area contributed by atoms with E-state index in [4.69, 9.17) is 0 Å². The first kappa shape index (κ1) is 5.34. The van der Waals surface area contributed by atoms with Gasteiger partial charge < -0.3 is 0 Å². The van der Waals surface area contributed by atoms with Crippen LogP contribution in [-0.2, 0) is 4.79 Å². The van der Waals surface area contributed by atoms with E-state index in [-0.39, 0.29) is 0 Å². The summed E-state index contributed by atoms with van der Waals surface area (Å²) in [5.41, 5.74) is 0.292. The lowest BCUT2D eigenvalue weighted by molar-refractivity contribution is -0.158. The topological polar surface area (TPSA) is 17.1 Å². The first-order chi connectivity index (χ1) is 4.84. The lowest BCUT2D eigenvalue weighted by Crippen LogP contribution is -2.55. The summed E-state index contributed by atoms with van der Waals surface area (Å²) in [6, 6.07) is 0. The van der Waals surface area contributed by atoms with Crippen LogP contribution in [0.5, 0.6) is 0 Å². The van der Waals surface area contributed by atoms with E-state index in [1.807, 2.05) is 0 Å². The largest absolute Gasteiger partial charge is 0.299 e. The zero-order chi connectivity index (χ0) is 6.77. The predicted octanol–water partition coefficient (Wildman–Crippen LogP) is 1.77. The van der Waals surface area contributed by atoms with Gasteiger partial charge in [-0.05, 0) is 37.5 Å². The van der Waals surface area contributed by atoms with Crippen molar-refractivity contribution in [3.8, 4) is 0 Å². The van der Waals surface area contributed by atoms with Gasteiger partial charge in [-0.2, -0.15) is 0 Å². The molecular formula is C9H12O. The number of ketones is 1. The van der Waals surface area contributed by atoms with E-state index >= 15 is 0 Å². The molecule has 3 fully saturated rings. The van der Waals surface area contributed by atoms with Crippen LogP contribution in [0.25, 0.3) is 0 Å². The van der Waals surface area contributed by atoms with Crippen molar-refractivity contribution in [3.63, 3.8) is 0 Å². The highest BCUT2D eigenvalue weighted by molar-refractivity contribution is 5.93. The molecule has 3 aliphatic rings. The molecule has 3 rings (SSSR count). The Kier molecular flexibility index (Phi) is 0.704. The molecule has 0 N–H and O–H groups in total. The van der Waals surface area contributed by atoms with Crippen LogP contribution in [0.3, 0.4) is 0 Å². The van der Waals surface area contributed by atoms with Gasteiger partial charge in [0.05, 0.1) is 0 Å². The van der Waals surface area contributed by atoms with Crippen molar-refractivity contribution in [2.45, 2.75) is 32.1 Å². The Morgan fingerprint density at radius 1 is 1.20 bits per heavy atom. The molecule has 0 aromatic heterocycles. The second-order valence-electron chi connectivity index (χ2n) is 4.18. The van der Waals surface area contributed by atoms with Gasteiger partial charge in [0, 0.05) is 11.8 Å². The molecule has 54 valence electrons. The zero-order valence-electron chi connectivity index (χ0n) is 6.10. The van der Waals surface area contributed by atoms with Gasteiger partial charge in [-0.1, -0.05) is 0 Å². The highest BCUT2D eigenvalue weighted by atomic mass is 16.1. The van der Waals surface area contributed by atoms with E-state index in [0.29, 0.717) is 11.2 Å². The van der Waals surface area contributed by atoms with Crippen molar-refractivity contribution in [2.75, 3.05) is 0 Å². The maximum Gasteiger partial charge on any atom is 0.139 e. The van der Waals surface area contributed by atoms with Crippen LogP contribution in [0.2, 0.25) is 0 Å². The lowest BCUT2D eigenvalue weighted by Gasteiger charge is -2.54. The van der Waals surface area contributed by atoms with Gasteiger partial charge in [-0.3, -0.25) is 4.79 Å². The molecule has 3 atom stereocenters. The number of hydrogen-bond donors (Lipinski definition) is 0. The Morgan fingerprint density at radius 3 is 2.40 bits per heavy atom.